The highest BCUT2D eigenvalue weighted by atomic mass is 32.2. The molecular formula is C20H16F7N3O2S. The van der Waals surface area contributed by atoms with Gasteiger partial charge in [-0.15, -0.1) is 13.2 Å². The third-order valence-electron chi connectivity index (χ3n) is 4.30. The van der Waals surface area contributed by atoms with Crippen LogP contribution < -0.4 is 9.64 Å². The first kappa shape index (κ1) is 24.7. The summed E-state index contributed by atoms with van der Waals surface area (Å²) in [4.78, 5) is 18.5. The first-order chi connectivity index (χ1) is 15.3. The van der Waals surface area contributed by atoms with E-state index in [-0.39, 0.29) is 23.3 Å². The Morgan fingerprint density at radius 2 is 1.73 bits per heavy atom. The number of hydrogen-bond donors (Lipinski definition) is 0. The Kier molecular flexibility index (Phi) is 7.10. The zero-order valence-corrected chi connectivity index (χ0v) is 17.7. The minimum atomic E-state index is -4.89. The Morgan fingerprint density at radius 1 is 1.06 bits per heavy atom. The van der Waals surface area contributed by atoms with E-state index in [1.807, 2.05) is 0 Å². The molecule has 2 aromatic rings. The van der Waals surface area contributed by atoms with E-state index in [0.717, 1.165) is 33.7 Å². The molecule has 178 valence electrons. The number of anilines is 1. The van der Waals surface area contributed by atoms with E-state index in [2.05, 4.69) is 9.73 Å². The fraction of sp³-hybridized carbons (Fsp3) is 0.300. The van der Waals surface area contributed by atoms with E-state index in [1.165, 1.54) is 24.3 Å². The Hall–Kier alpha value is -2.96. The predicted molar refractivity (Wildman–Crippen MR) is 108 cm³/mol. The van der Waals surface area contributed by atoms with Crippen LogP contribution in [0.3, 0.4) is 0 Å². The average Bonchev–Trinajstić information content (AvgIpc) is 2.69. The van der Waals surface area contributed by atoms with Crippen LogP contribution in [0.15, 0.2) is 47.5 Å². The van der Waals surface area contributed by atoms with Crippen molar-refractivity contribution in [1.29, 1.82) is 0 Å². The third kappa shape index (κ3) is 6.76. The molecular weight excluding hydrogens is 479 g/mol. The van der Waals surface area contributed by atoms with Gasteiger partial charge >= 0.3 is 18.6 Å². The lowest BCUT2D eigenvalue weighted by Crippen LogP contribution is -2.50. The maximum Gasteiger partial charge on any atom is 0.573 e. The zero-order chi connectivity index (χ0) is 24.4. The van der Waals surface area contributed by atoms with Crippen molar-refractivity contribution in [3.05, 3.63) is 59.4 Å². The third-order valence-corrected chi connectivity index (χ3v) is 5.30. The van der Waals surface area contributed by atoms with Crippen molar-refractivity contribution in [2.75, 3.05) is 17.3 Å². The molecule has 0 aromatic heterocycles. The van der Waals surface area contributed by atoms with Crippen LogP contribution in [0.4, 0.5) is 41.2 Å². The normalized spacial score (nSPS) is 16.5. The summed E-state index contributed by atoms with van der Waals surface area (Å²) in [5.41, 5.74) is 0.843. The molecule has 0 saturated carbocycles. The van der Waals surface area contributed by atoms with Gasteiger partial charge in [0.2, 0.25) is 0 Å². The summed E-state index contributed by atoms with van der Waals surface area (Å²) >= 11 is 0.803. The fourth-order valence-corrected chi connectivity index (χ4v) is 3.84. The first-order valence-electron chi connectivity index (χ1n) is 9.26. The van der Waals surface area contributed by atoms with Crippen molar-refractivity contribution >= 4 is 28.6 Å². The van der Waals surface area contributed by atoms with Gasteiger partial charge in [-0.3, -0.25) is 14.8 Å². The standard InChI is InChI=1S/C20H16F7N3O2S/c1-12-2-7-16(15(21)8-12)30-11-33-17(28-10-19(22,23)24)29(18(30)31)9-13-3-5-14(6-4-13)32-20(25,26)27/h2-8H,9-11H2,1H3. The number of carbonyl (C=O) groups is 1. The highest BCUT2D eigenvalue weighted by molar-refractivity contribution is 8.14. The van der Waals surface area contributed by atoms with Gasteiger partial charge in [0.1, 0.15) is 18.1 Å². The average molecular weight is 495 g/mol. The number of alkyl halides is 6. The van der Waals surface area contributed by atoms with Gasteiger partial charge in [0.25, 0.3) is 0 Å². The van der Waals surface area contributed by atoms with Crippen molar-refractivity contribution in [3.63, 3.8) is 0 Å². The number of thioether (sulfide) groups is 1. The molecule has 0 radical (unpaired) electrons. The Morgan fingerprint density at radius 3 is 2.30 bits per heavy atom. The zero-order valence-electron chi connectivity index (χ0n) is 16.9. The van der Waals surface area contributed by atoms with E-state index < -0.39 is 36.7 Å². The van der Waals surface area contributed by atoms with Crippen LogP contribution in [0, 0.1) is 12.7 Å². The number of aryl methyl sites for hydroxylation is 1. The van der Waals surface area contributed by atoms with Gasteiger partial charge in [-0.25, -0.2) is 9.18 Å². The molecule has 1 heterocycles. The molecule has 33 heavy (non-hydrogen) atoms. The highest BCUT2D eigenvalue weighted by Gasteiger charge is 2.35. The summed E-state index contributed by atoms with van der Waals surface area (Å²) in [6.07, 6.45) is -9.50. The van der Waals surface area contributed by atoms with Crippen LogP contribution in [0.1, 0.15) is 11.1 Å². The molecule has 5 nitrogen and oxygen atoms in total. The van der Waals surface area contributed by atoms with Gasteiger partial charge in [-0.05, 0) is 42.3 Å². The number of amidine groups is 1. The molecule has 0 aliphatic carbocycles. The summed E-state index contributed by atoms with van der Waals surface area (Å²) in [5.74, 6) is -1.36. The Labute approximate surface area is 187 Å². The molecule has 3 rings (SSSR count). The number of nitrogens with zero attached hydrogens (tertiary/aromatic N) is 3. The van der Waals surface area contributed by atoms with Crippen molar-refractivity contribution in [1.82, 2.24) is 4.90 Å². The van der Waals surface area contributed by atoms with E-state index in [9.17, 15) is 35.5 Å². The predicted octanol–water partition coefficient (Wildman–Crippen LogP) is 6.08. The number of amides is 2. The number of carbonyl (C=O) groups excluding carboxylic acids is 1. The van der Waals surface area contributed by atoms with Gasteiger partial charge in [0, 0.05) is 0 Å². The number of benzene rings is 2. The molecule has 2 aromatic carbocycles. The molecule has 1 aliphatic heterocycles. The van der Waals surface area contributed by atoms with Crippen LogP contribution in [0.5, 0.6) is 5.75 Å². The number of urea groups is 1. The van der Waals surface area contributed by atoms with Crippen LogP contribution in [0.2, 0.25) is 0 Å². The molecule has 1 fully saturated rings. The number of hydrogen-bond acceptors (Lipinski definition) is 4. The maximum atomic E-state index is 14.4. The number of aliphatic imine (C=N–C) groups is 1. The van der Waals surface area contributed by atoms with E-state index in [4.69, 9.17) is 0 Å². The smallest absolute Gasteiger partial charge is 0.406 e. The summed E-state index contributed by atoms with van der Waals surface area (Å²) in [5, 5.41) is -0.239. The van der Waals surface area contributed by atoms with Gasteiger partial charge in [-0.1, -0.05) is 30.0 Å². The summed E-state index contributed by atoms with van der Waals surface area (Å²) < 4.78 is 93.3. The molecule has 13 heteroatoms. The second kappa shape index (κ2) is 9.49. The van der Waals surface area contributed by atoms with Crippen molar-refractivity contribution in [2.45, 2.75) is 26.0 Å². The molecule has 2 amide bonds. The first-order valence-corrected chi connectivity index (χ1v) is 10.2. The SMILES string of the molecule is Cc1ccc(N2CSC(=NCC(F)(F)F)N(Cc3ccc(OC(F)(F)F)cc3)C2=O)c(F)c1. The second-order valence-corrected chi connectivity index (χ2v) is 7.84. The largest absolute Gasteiger partial charge is 0.573 e. The lowest BCUT2D eigenvalue weighted by Gasteiger charge is -2.36. The van der Waals surface area contributed by atoms with Gasteiger partial charge < -0.3 is 4.74 Å². The monoisotopic (exact) mass is 495 g/mol. The van der Waals surface area contributed by atoms with Crippen molar-refractivity contribution in [3.8, 4) is 5.75 Å². The van der Waals surface area contributed by atoms with Gasteiger partial charge in [-0.2, -0.15) is 13.2 Å². The van der Waals surface area contributed by atoms with Crippen LogP contribution >= 0.6 is 11.8 Å². The lowest BCUT2D eigenvalue weighted by atomic mass is 10.2. The quantitative estimate of drug-likeness (QED) is 0.472. The van der Waals surface area contributed by atoms with Crippen LogP contribution in [0.25, 0.3) is 0 Å². The minimum absolute atomic E-state index is 0.0631. The lowest BCUT2D eigenvalue weighted by molar-refractivity contribution is -0.274. The molecule has 0 spiro atoms. The summed E-state index contributed by atoms with van der Waals surface area (Å²) in [6, 6.07) is 7.81. The molecule has 1 saturated heterocycles. The fourth-order valence-electron chi connectivity index (χ4n) is 2.89. The van der Waals surface area contributed by atoms with E-state index in [1.54, 1.807) is 13.0 Å². The molecule has 0 atom stereocenters. The Balaban J connectivity index is 1.88. The molecule has 0 unspecified atom stereocenters. The Bertz CT molecular complexity index is 1040. The molecule has 0 N–H and O–H groups in total. The maximum absolute atomic E-state index is 14.4. The number of ether oxygens (including phenoxy) is 1. The second-order valence-electron chi connectivity index (χ2n) is 6.93. The van der Waals surface area contributed by atoms with Crippen LogP contribution in [-0.2, 0) is 6.54 Å². The van der Waals surface area contributed by atoms with E-state index >= 15 is 0 Å². The van der Waals surface area contributed by atoms with Crippen molar-refractivity contribution < 1.29 is 40.3 Å². The number of rotatable bonds is 5. The summed E-state index contributed by atoms with van der Waals surface area (Å²) in [6.45, 7) is -0.185. The molecule has 0 bridgehead atoms. The topological polar surface area (TPSA) is 45.1 Å². The minimum Gasteiger partial charge on any atom is -0.406 e. The highest BCUT2D eigenvalue weighted by Crippen LogP contribution is 2.31. The van der Waals surface area contributed by atoms with Crippen molar-refractivity contribution in [2.24, 2.45) is 4.99 Å². The van der Waals surface area contributed by atoms with Gasteiger partial charge in [0.05, 0.1) is 18.1 Å². The van der Waals surface area contributed by atoms with E-state index in [0.29, 0.717) is 11.1 Å². The van der Waals surface area contributed by atoms with Crippen LogP contribution in [-0.4, -0.2) is 41.1 Å². The van der Waals surface area contributed by atoms with Gasteiger partial charge in [0.15, 0.2) is 5.17 Å². The number of halogens is 7. The molecule has 1 aliphatic rings. The summed E-state index contributed by atoms with van der Waals surface area (Å²) in [7, 11) is 0.